The number of carbonyl (C=O) groups excluding carboxylic acids is 4. The minimum atomic E-state index is -0.831. The number of carboxylic acids is 1. The molecule has 0 aliphatic carbocycles. The predicted molar refractivity (Wildman–Crippen MR) is 97.1 cm³/mol. The SMILES string of the molecule is O=Cc1cc(OCCCCCC(=O)O)ccc1C(=O)NC1CCC(=O)NC1=O. The number of carbonyl (C=O) groups is 5. The molecule has 1 aliphatic rings. The molecule has 1 heterocycles. The molecule has 1 aromatic carbocycles. The van der Waals surface area contributed by atoms with Crippen molar-refractivity contribution in [3.63, 3.8) is 0 Å². The molecule has 28 heavy (non-hydrogen) atoms. The van der Waals surface area contributed by atoms with Gasteiger partial charge < -0.3 is 15.2 Å². The maximum atomic E-state index is 12.4. The Morgan fingerprint density at radius 2 is 2.04 bits per heavy atom. The number of aliphatic carboxylic acids is 1. The van der Waals surface area contributed by atoms with Gasteiger partial charge in [-0.2, -0.15) is 0 Å². The Kier molecular flexibility index (Phi) is 7.67. The van der Waals surface area contributed by atoms with Crippen molar-refractivity contribution >= 4 is 30.0 Å². The van der Waals surface area contributed by atoms with Crippen molar-refractivity contribution in [3.8, 4) is 5.75 Å². The molecule has 2 rings (SSSR count). The number of piperidine rings is 1. The molecule has 9 heteroatoms. The van der Waals surface area contributed by atoms with E-state index in [9.17, 15) is 24.0 Å². The molecule has 1 saturated heterocycles. The van der Waals surface area contributed by atoms with Gasteiger partial charge in [0.15, 0.2) is 6.29 Å². The van der Waals surface area contributed by atoms with Crippen LogP contribution in [0.5, 0.6) is 5.75 Å². The second-order valence-electron chi connectivity index (χ2n) is 6.40. The van der Waals surface area contributed by atoms with Crippen LogP contribution in [-0.2, 0) is 14.4 Å². The van der Waals surface area contributed by atoms with Gasteiger partial charge in [0.2, 0.25) is 11.8 Å². The first-order valence-corrected chi connectivity index (χ1v) is 8.99. The lowest BCUT2D eigenvalue weighted by Crippen LogP contribution is -2.52. The fourth-order valence-electron chi connectivity index (χ4n) is 2.75. The lowest BCUT2D eigenvalue weighted by Gasteiger charge is -2.22. The summed E-state index contributed by atoms with van der Waals surface area (Å²) in [5, 5.41) is 13.2. The fraction of sp³-hybridized carbons (Fsp3) is 0.421. The number of ether oxygens (including phenoxy) is 1. The minimum absolute atomic E-state index is 0.105. The molecule has 1 unspecified atom stereocenters. The van der Waals surface area contributed by atoms with Gasteiger partial charge >= 0.3 is 5.97 Å². The zero-order valence-electron chi connectivity index (χ0n) is 15.2. The molecule has 3 N–H and O–H groups in total. The Hall–Kier alpha value is -3.23. The number of imide groups is 1. The van der Waals surface area contributed by atoms with E-state index in [1.54, 1.807) is 6.07 Å². The summed E-state index contributed by atoms with van der Waals surface area (Å²) < 4.78 is 5.53. The molecule has 3 amide bonds. The normalized spacial score (nSPS) is 16.2. The highest BCUT2D eigenvalue weighted by Crippen LogP contribution is 2.18. The third-order valence-corrected chi connectivity index (χ3v) is 4.24. The summed E-state index contributed by atoms with van der Waals surface area (Å²) in [6.07, 6.45) is 2.93. The van der Waals surface area contributed by atoms with Gasteiger partial charge in [-0.05, 0) is 43.9 Å². The molecule has 0 bridgehead atoms. The van der Waals surface area contributed by atoms with Crippen molar-refractivity contribution < 1.29 is 33.8 Å². The molecule has 0 aromatic heterocycles. The molecule has 1 aromatic rings. The van der Waals surface area contributed by atoms with Crippen LogP contribution < -0.4 is 15.4 Å². The Labute approximate surface area is 161 Å². The van der Waals surface area contributed by atoms with E-state index in [0.29, 0.717) is 37.9 Å². The smallest absolute Gasteiger partial charge is 0.303 e. The average Bonchev–Trinajstić information content (AvgIpc) is 2.66. The van der Waals surface area contributed by atoms with Crippen LogP contribution >= 0.6 is 0 Å². The van der Waals surface area contributed by atoms with E-state index in [-0.39, 0.29) is 36.3 Å². The Balaban J connectivity index is 1.90. The van der Waals surface area contributed by atoms with Crippen molar-refractivity contribution in [3.05, 3.63) is 29.3 Å². The monoisotopic (exact) mass is 390 g/mol. The van der Waals surface area contributed by atoms with Gasteiger partial charge in [-0.15, -0.1) is 0 Å². The zero-order chi connectivity index (χ0) is 20.5. The van der Waals surface area contributed by atoms with E-state index in [1.165, 1.54) is 12.1 Å². The quantitative estimate of drug-likeness (QED) is 0.308. The maximum absolute atomic E-state index is 12.4. The number of hydrogen-bond acceptors (Lipinski definition) is 6. The standard InChI is InChI=1S/C19H22N2O7/c22-11-12-10-13(28-9-3-1-2-4-17(24)25)5-6-14(12)18(26)20-15-7-8-16(23)21-19(15)27/h5-6,10-11,15H,1-4,7-9H2,(H,20,26)(H,24,25)(H,21,23,27). The summed E-state index contributed by atoms with van der Waals surface area (Å²) in [4.78, 5) is 57.1. The number of unbranched alkanes of at least 4 members (excludes halogenated alkanes) is 2. The van der Waals surface area contributed by atoms with Crippen LogP contribution in [0.1, 0.15) is 59.2 Å². The summed E-state index contributed by atoms with van der Waals surface area (Å²) in [5.74, 6) is -1.95. The Morgan fingerprint density at radius 1 is 1.25 bits per heavy atom. The first kappa shape index (κ1) is 21.1. The van der Waals surface area contributed by atoms with E-state index >= 15 is 0 Å². The highest BCUT2D eigenvalue weighted by atomic mass is 16.5. The van der Waals surface area contributed by atoms with Crippen molar-refractivity contribution in [2.45, 2.75) is 44.6 Å². The predicted octanol–water partition coefficient (Wildman–Crippen LogP) is 1.06. The molecular weight excluding hydrogens is 368 g/mol. The lowest BCUT2D eigenvalue weighted by atomic mass is 10.0. The number of rotatable bonds is 10. The summed E-state index contributed by atoms with van der Waals surface area (Å²) in [6, 6.07) is 3.59. The van der Waals surface area contributed by atoms with Crippen molar-refractivity contribution in [1.29, 1.82) is 0 Å². The van der Waals surface area contributed by atoms with Gasteiger partial charge in [0, 0.05) is 18.4 Å². The summed E-state index contributed by atoms with van der Waals surface area (Å²) in [6.45, 7) is 0.361. The number of aldehydes is 1. The van der Waals surface area contributed by atoms with Crippen molar-refractivity contribution in [1.82, 2.24) is 10.6 Å². The Morgan fingerprint density at radius 3 is 2.71 bits per heavy atom. The zero-order valence-corrected chi connectivity index (χ0v) is 15.2. The van der Waals surface area contributed by atoms with Crippen LogP contribution in [0.2, 0.25) is 0 Å². The first-order valence-electron chi connectivity index (χ1n) is 8.99. The van der Waals surface area contributed by atoms with E-state index in [0.717, 1.165) is 0 Å². The number of nitrogens with one attached hydrogen (secondary N) is 2. The van der Waals surface area contributed by atoms with Crippen LogP contribution in [-0.4, -0.2) is 47.7 Å². The van der Waals surface area contributed by atoms with Crippen molar-refractivity contribution in [2.24, 2.45) is 0 Å². The van der Waals surface area contributed by atoms with Crippen LogP contribution in [0.25, 0.3) is 0 Å². The molecule has 1 aliphatic heterocycles. The van der Waals surface area contributed by atoms with Gasteiger partial charge in [-0.3, -0.25) is 29.3 Å². The van der Waals surface area contributed by atoms with E-state index in [4.69, 9.17) is 9.84 Å². The van der Waals surface area contributed by atoms with Crippen LogP contribution in [0.15, 0.2) is 18.2 Å². The highest BCUT2D eigenvalue weighted by Gasteiger charge is 2.28. The summed E-state index contributed by atoms with van der Waals surface area (Å²) in [5.41, 5.74) is 0.224. The van der Waals surface area contributed by atoms with Gasteiger partial charge in [0.25, 0.3) is 5.91 Å². The molecule has 150 valence electrons. The number of hydrogen-bond donors (Lipinski definition) is 3. The number of benzene rings is 1. The Bertz CT molecular complexity index is 776. The van der Waals surface area contributed by atoms with Crippen molar-refractivity contribution in [2.75, 3.05) is 6.61 Å². The van der Waals surface area contributed by atoms with Gasteiger partial charge in [0.05, 0.1) is 12.2 Å². The molecule has 0 saturated carbocycles. The van der Waals surface area contributed by atoms with Gasteiger partial charge in [-0.1, -0.05) is 0 Å². The van der Waals surface area contributed by atoms with Crippen LogP contribution in [0, 0.1) is 0 Å². The molecule has 1 atom stereocenters. The van der Waals surface area contributed by atoms with Gasteiger partial charge in [0.1, 0.15) is 11.8 Å². The van der Waals surface area contributed by atoms with E-state index in [2.05, 4.69) is 10.6 Å². The average molecular weight is 390 g/mol. The minimum Gasteiger partial charge on any atom is -0.494 e. The third kappa shape index (κ3) is 6.19. The highest BCUT2D eigenvalue weighted by molar-refractivity contribution is 6.06. The molecular formula is C19H22N2O7. The third-order valence-electron chi connectivity index (χ3n) is 4.24. The van der Waals surface area contributed by atoms with Crippen LogP contribution in [0.3, 0.4) is 0 Å². The van der Waals surface area contributed by atoms with Gasteiger partial charge in [-0.25, -0.2) is 0 Å². The topological polar surface area (TPSA) is 139 Å². The number of carboxylic acid groups (broad SMARTS) is 1. The van der Waals surface area contributed by atoms with E-state index < -0.39 is 23.8 Å². The molecule has 0 radical (unpaired) electrons. The van der Waals surface area contributed by atoms with E-state index in [1.807, 2.05) is 0 Å². The second kappa shape index (κ2) is 10.2. The lowest BCUT2D eigenvalue weighted by molar-refractivity contribution is -0.137. The molecule has 1 fully saturated rings. The summed E-state index contributed by atoms with van der Waals surface area (Å²) in [7, 11) is 0. The summed E-state index contributed by atoms with van der Waals surface area (Å²) >= 11 is 0. The largest absolute Gasteiger partial charge is 0.494 e. The second-order valence-corrected chi connectivity index (χ2v) is 6.40. The maximum Gasteiger partial charge on any atom is 0.303 e. The first-order chi connectivity index (χ1) is 13.4. The number of amides is 3. The fourth-order valence-corrected chi connectivity index (χ4v) is 2.75. The molecule has 0 spiro atoms. The molecule has 9 nitrogen and oxygen atoms in total. The van der Waals surface area contributed by atoms with Crippen LogP contribution in [0.4, 0.5) is 0 Å².